The summed E-state index contributed by atoms with van der Waals surface area (Å²) in [6, 6.07) is 30.7. The maximum Gasteiger partial charge on any atom is 0.0908 e. The minimum absolute atomic E-state index is 0.0234. The molecule has 1 aliphatic carbocycles. The number of hydrogen-bond acceptors (Lipinski definition) is 7. The van der Waals surface area contributed by atoms with Crippen LogP contribution in [-0.2, 0) is 0 Å². The van der Waals surface area contributed by atoms with Crippen LogP contribution in [0.1, 0.15) is 106 Å². The molecule has 0 radical (unpaired) electrons. The van der Waals surface area contributed by atoms with E-state index in [0.29, 0.717) is 56.6 Å². The second-order valence-corrected chi connectivity index (χ2v) is 16.4. The highest BCUT2D eigenvalue weighted by Gasteiger charge is 2.20. The highest BCUT2D eigenvalue weighted by molar-refractivity contribution is 6.30. The Labute approximate surface area is 363 Å². The van der Waals surface area contributed by atoms with Crippen molar-refractivity contribution in [1.29, 1.82) is 0 Å². The fourth-order valence-electron chi connectivity index (χ4n) is 7.05. The third-order valence-electron chi connectivity index (χ3n) is 10.1. The molecule has 5 rings (SSSR count). The van der Waals surface area contributed by atoms with Crippen molar-refractivity contribution in [3.8, 4) is 0 Å². The summed E-state index contributed by atoms with van der Waals surface area (Å²) >= 11 is 25.6. The van der Waals surface area contributed by atoms with Crippen molar-refractivity contribution in [1.82, 2.24) is 0 Å². The van der Waals surface area contributed by atoms with Crippen molar-refractivity contribution in [3.63, 3.8) is 0 Å². The summed E-state index contributed by atoms with van der Waals surface area (Å²) in [5.41, 5.74) is 9.49. The van der Waals surface area contributed by atoms with Gasteiger partial charge in [0.1, 0.15) is 0 Å². The maximum atomic E-state index is 9.93. The zero-order chi connectivity index (χ0) is 41.9. The number of anilines is 1. The van der Waals surface area contributed by atoms with Crippen molar-refractivity contribution in [2.45, 2.75) is 73.1 Å². The van der Waals surface area contributed by atoms with E-state index in [0.717, 1.165) is 56.6 Å². The number of benzene rings is 4. The van der Waals surface area contributed by atoms with Crippen LogP contribution in [0.15, 0.2) is 109 Å². The largest absolute Gasteiger partial charge is 0.396 e. The topological polar surface area (TPSA) is 125 Å². The second-order valence-electron chi connectivity index (χ2n) is 14.4. The quantitative estimate of drug-likeness (QED) is 0.0280. The van der Waals surface area contributed by atoms with E-state index in [9.17, 15) is 15.3 Å². The van der Waals surface area contributed by atoms with Crippen LogP contribution in [0.3, 0.4) is 0 Å². The van der Waals surface area contributed by atoms with Crippen LogP contribution < -0.4 is 4.90 Å². The fraction of sp³-hybridized carbons (Fsp3) is 0.404. The SMILES string of the molecule is OCCCC(Cl)c1cc(C(Cl)CCCO)cc(C(Cl)CCCO)c1.OCCN(CCO)c1ccc(C(c2ccc(Cl)cc2)c2ccc(C3=CC(O)C=CC3)cc2)cc1. The molecule has 0 aromatic heterocycles. The summed E-state index contributed by atoms with van der Waals surface area (Å²) in [7, 11) is 0. The Balaban J connectivity index is 0.000000274. The standard InChI is InChI=1S/C29H30ClNO3.C18H27Cl3O3/c30-26-12-8-23(9-13-26)29(24-10-14-27(15-11-24)31(16-18-32)17-19-33)22-6-4-21(5-7-22)25-2-1-3-28(34)20-25;19-16(4-1-7-22)13-10-14(17(20)5-2-8-23)12-15(11-13)18(21)6-3-9-24/h1,3-15,20,28-29,32-34H,2,16-19H2;10-12,16-18,22-24H,1-9H2. The van der Waals surface area contributed by atoms with E-state index in [4.69, 9.17) is 61.7 Å². The Kier molecular flexibility index (Phi) is 21.1. The van der Waals surface area contributed by atoms with Crippen LogP contribution in [-0.4, -0.2) is 82.9 Å². The Morgan fingerprint density at radius 2 is 0.966 bits per heavy atom. The summed E-state index contributed by atoms with van der Waals surface area (Å²) in [5.74, 6) is 0.0234. The van der Waals surface area contributed by atoms with Crippen molar-refractivity contribution < 1.29 is 30.6 Å². The first-order valence-corrected chi connectivity index (χ1v) is 21.7. The van der Waals surface area contributed by atoms with Gasteiger partial charge in [-0.3, -0.25) is 0 Å². The van der Waals surface area contributed by atoms with Gasteiger partial charge in [-0.05, 0) is 120 Å². The number of alkyl halides is 3. The Morgan fingerprint density at radius 3 is 1.36 bits per heavy atom. The van der Waals surface area contributed by atoms with Crippen LogP contribution in [0, 0.1) is 0 Å². The molecule has 58 heavy (non-hydrogen) atoms. The molecule has 0 fully saturated rings. The van der Waals surface area contributed by atoms with Crippen LogP contribution in [0.25, 0.3) is 5.57 Å². The van der Waals surface area contributed by atoms with Crippen LogP contribution in [0.5, 0.6) is 0 Å². The normalized spacial score (nSPS) is 15.8. The summed E-state index contributed by atoms with van der Waals surface area (Å²) in [6.45, 7) is 1.34. The van der Waals surface area contributed by atoms with Gasteiger partial charge in [-0.2, -0.15) is 0 Å². The van der Waals surface area contributed by atoms with Gasteiger partial charge in [0, 0.05) is 49.5 Å². The van der Waals surface area contributed by atoms with E-state index in [2.05, 4.69) is 48.5 Å². The van der Waals surface area contributed by atoms with Gasteiger partial charge in [-0.1, -0.05) is 90.5 Å². The van der Waals surface area contributed by atoms with E-state index in [1.807, 2.05) is 59.5 Å². The first kappa shape index (κ1) is 47.8. The van der Waals surface area contributed by atoms with Gasteiger partial charge in [-0.15, -0.1) is 34.8 Å². The van der Waals surface area contributed by atoms with Crippen molar-refractivity contribution in [3.05, 3.63) is 153 Å². The Hall–Kier alpha value is -2.92. The predicted molar refractivity (Wildman–Crippen MR) is 241 cm³/mol. The smallest absolute Gasteiger partial charge is 0.0908 e. The first-order chi connectivity index (χ1) is 28.1. The molecular formula is C47H57Cl4NO6. The van der Waals surface area contributed by atoms with Gasteiger partial charge in [0.05, 0.1) is 35.4 Å². The van der Waals surface area contributed by atoms with E-state index < -0.39 is 6.10 Å². The highest BCUT2D eigenvalue weighted by Crippen LogP contribution is 2.38. The lowest BCUT2D eigenvalue weighted by Crippen LogP contribution is -2.29. The monoisotopic (exact) mass is 871 g/mol. The molecule has 1 aliphatic rings. The number of aliphatic hydroxyl groups is 6. The van der Waals surface area contributed by atoms with Gasteiger partial charge < -0.3 is 35.5 Å². The number of rotatable bonds is 21. The Morgan fingerprint density at radius 1 is 0.552 bits per heavy atom. The molecule has 0 bridgehead atoms. The van der Waals surface area contributed by atoms with Crippen molar-refractivity contribution >= 4 is 57.7 Å². The van der Waals surface area contributed by atoms with E-state index >= 15 is 0 Å². The lowest BCUT2D eigenvalue weighted by atomic mass is 9.84. The van der Waals surface area contributed by atoms with Gasteiger partial charge >= 0.3 is 0 Å². The molecule has 0 heterocycles. The lowest BCUT2D eigenvalue weighted by molar-refractivity contribution is 0.270. The first-order valence-electron chi connectivity index (χ1n) is 20.0. The minimum atomic E-state index is -0.528. The lowest BCUT2D eigenvalue weighted by Gasteiger charge is -2.25. The summed E-state index contributed by atoms with van der Waals surface area (Å²) in [5, 5.41) is 55.7. The third kappa shape index (κ3) is 14.7. The molecular weight excluding hydrogens is 816 g/mol. The molecule has 11 heteroatoms. The van der Waals surface area contributed by atoms with E-state index in [-0.39, 0.29) is 55.1 Å². The minimum Gasteiger partial charge on any atom is -0.396 e. The number of hydrogen-bond donors (Lipinski definition) is 6. The fourth-order valence-corrected chi connectivity index (χ4v) is 8.01. The number of aliphatic hydroxyl groups excluding tert-OH is 6. The molecule has 7 nitrogen and oxygen atoms in total. The Bertz CT molecular complexity index is 1750. The molecule has 5 unspecified atom stereocenters. The molecule has 0 spiro atoms. The van der Waals surface area contributed by atoms with Crippen molar-refractivity contribution in [2.24, 2.45) is 0 Å². The molecule has 0 saturated heterocycles. The molecule has 0 amide bonds. The van der Waals surface area contributed by atoms with E-state index in [1.54, 1.807) is 6.08 Å². The zero-order valence-electron chi connectivity index (χ0n) is 32.8. The van der Waals surface area contributed by atoms with Gasteiger partial charge in [-0.25, -0.2) is 0 Å². The third-order valence-corrected chi connectivity index (χ3v) is 11.8. The maximum absolute atomic E-state index is 9.93. The van der Waals surface area contributed by atoms with Crippen LogP contribution in [0.2, 0.25) is 5.02 Å². The van der Waals surface area contributed by atoms with Crippen molar-refractivity contribution in [2.75, 3.05) is 51.0 Å². The number of allylic oxidation sites excluding steroid dienone is 2. The molecule has 314 valence electrons. The molecule has 5 atom stereocenters. The molecule has 0 aliphatic heterocycles. The van der Waals surface area contributed by atoms with Gasteiger partial charge in [0.15, 0.2) is 0 Å². The van der Waals surface area contributed by atoms with E-state index in [1.165, 1.54) is 0 Å². The summed E-state index contributed by atoms with van der Waals surface area (Å²) in [6.07, 6.45) is 9.93. The van der Waals surface area contributed by atoms with Crippen LogP contribution >= 0.6 is 46.4 Å². The summed E-state index contributed by atoms with van der Waals surface area (Å²) < 4.78 is 0. The zero-order valence-corrected chi connectivity index (χ0v) is 35.8. The number of halogens is 4. The molecule has 0 saturated carbocycles. The second kappa shape index (κ2) is 25.6. The average Bonchev–Trinajstić information content (AvgIpc) is 3.25. The number of nitrogens with zero attached hydrogens (tertiary/aromatic N) is 1. The molecule has 4 aromatic carbocycles. The van der Waals surface area contributed by atoms with Crippen LogP contribution in [0.4, 0.5) is 5.69 Å². The average molecular weight is 874 g/mol. The summed E-state index contributed by atoms with van der Waals surface area (Å²) in [4.78, 5) is 1.97. The molecule has 4 aromatic rings. The molecule has 6 N–H and O–H groups in total. The van der Waals surface area contributed by atoms with Gasteiger partial charge in [0.2, 0.25) is 0 Å². The predicted octanol–water partition coefficient (Wildman–Crippen LogP) is 9.86. The highest BCUT2D eigenvalue weighted by atomic mass is 35.5. The van der Waals surface area contributed by atoms with Gasteiger partial charge in [0.25, 0.3) is 0 Å².